The largest absolute Gasteiger partial charge is 0.454 e. The number of hydrogen-bond donors (Lipinski definition) is 1. The van der Waals surface area contributed by atoms with Crippen molar-refractivity contribution in [3.05, 3.63) is 60.2 Å². The normalized spacial score (nSPS) is 13.4. The summed E-state index contributed by atoms with van der Waals surface area (Å²) in [7, 11) is 0. The Morgan fingerprint density at radius 3 is 2.64 bits per heavy atom. The van der Waals surface area contributed by atoms with Crippen LogP contribution >= 0.6 is 0 Å². The van der Waals surface area contributed by atoms with Gasteiger partial charge in [-0.2, -0.15) is 0 Å². The van der Waals surface area contributed by atoms with E-state index in [4.69, 9.17) is 9.47 Å². The molecule has 1 N–H and O–H groups in total. The molecule has 28 heavy (non-hydrogen) atoms. The Morgan fingerprint density at radius 2 is 1.82 bits per heavy atom. The van der Waals surface area contributed by atoms with E-state index in [0.717, 1.165) is 37.3 Å². The lowest BCUT2D eigenvalue weighted by Crippen LogP contribution is -2.25. The zero-order valence-electron chi connectivity index (χ0n) is 17.2. The van der Waals surface area contributed by atoms with E-state index in [9.17, 15) is 4.79 Å². The molecule has 0 aromatic heterocycles. The minimum absolute atomic E-state index is 0.0223. The topological polar surface area (TPSA) is 47.6 Å². The molecule has 0 spiro atoms. The molecule has 0 saturated heterocycles. The molecule has 152 valence electrons. The van der Waals surface area contributed by atoms with Crippen LogP contribution in [0.15, 0.2) is 54.7 Å². The van der Waals surface area contributed by atoms with E-state index in [1.54, 1.807) is 6.08 Å². The first-order valence-corrected chi connectivity index (χ1v) is 10.3. The van der Waals surface area contributed by atoms with Crippen molar-refractivity contribution in [2.75, 3.05) is 13.3 Å². The van der Waals surface area contributed by atoms with Crippen LogP contribution in [0.25, 0.3) is 0 Å². The summed E-state index contributed by atoms with van der Waals surface area (Å²) < 4.78 is 10.7. The minimum atomic E-state index is -0.0223. The molecule has 0 atom stereocenters. The van der Waals surface area contributed by atoms with Gasteiger partial charge >= 0.3 is 0 Å². The molecule has 1 aromatic carbocycles. The van der Waals surface area contributed by atoms with Crippen molar-refractivity contribution in [1.29, 1.82) is 0 Å². The number of ether oxygens (including phenoxy) is 2. The highest BCUT2D eigenvalue weighted by molar-refractivity contribution is 5.87. The molecule has 4 heteroatoms. The van der Waals surface area contributed by atoms with Gasteiger partial charge < -0.3 is 14.8 Å². The maximum Gasteiger partial charge on any atom is 0.243 e. The first kappa shape index (κ1) is 21.8. The highest BCUT2D eigenvalue weighted by atomic mass is 16.7. The summed E-state index contributed by atoms with van der Waals surface area (Å²) in [5.74, 6) is 2.15. The van der Waals surface area contributed by atoms with Gasteiger partial charge in [-0.1, -0.05) is 56.7 Å². The van der Waals surface area contributed by atoms with Crippen molar-refractivity contribution in [1.82, 2.24) is 5.32 Å². The van der Waals surface area contributed by atoms with Crippen molar-refractivity contribution < 1.29 is 14.3 Å². The molecule has 2 rings (SSSR count). The summed E-state index contributed by atoms with van der Waals surface area (Å²) in [5, 5.41) is 2.86. The maximum atomic E-state index is 11.5. The quantitative estimate of drug-likeness (QED) is 0.229. The Labute approximate surface area is 169 Å². The fourth-order valence-electron chi connectivity index (χ4n) is 2.79. The molecule has 0 saturated carbocycles. The number of carbonyl (C=O) groups is 1. The van der Waals surface area contributed by atoms with E-state index in [2.05, 4.69) is 49.5 Å². The van der Waals surface area contributed by atoms with E-state index >= 15 is 0 Å². The number of rotatable bonds is 12. The van der Waals surface area contributed by atoms with Crippen LogP contribution in [0, 0.1) is 5.92 Å². The lowest BCUT2D eigenvalue weighted by atomic mass is 10.1. The number of benzene rings is 1. The number of unbranched alkanes of at least 4 members (excludes halogenated alkanes) is 4. The zero-order chi connectivity index (χ0) is 20.0. The Balaban J connectivity index is 1.47. The molecule has 0 aliphatic carbocycles. The number of nitrogens with one attached hydrogen (secondary N) is 1. The lowest BCUT2D eigenvalue weighted by Gasteiger charge is -2.03. The summed E-state index contributed by atoms with van der Waals surface area (Å²) >= 11 is 0. The van der Waals surface area contributed by atoms with Gasteiger partial charge in [0.2, 0.25) is 12.7 Å². The summed E-state index contributed by atoms with van der Waals surface area (Å²) in [4.78, 5) is 11.5. The van der Waals surface area contributed by atoms with Gasteiger partial charge in [-0.05, 0) is 55.7 Å². The van der Waals surface area contributed by atoms with E-state index in [-0.39, 0.29) is 5.91 Å². The molecule has 1 aliphatic rings. The van der Waals surface area contributed by atoms with E-state index in [1.807, 2.05) is 18.2 Å². The highest BCUT2D eigenvalue weighted by Crippen LogP contribution is 2.32. The van der Waals surface area contributed by atoms with Crippen molar-refractivity contribution in [2.24, 2.45) is 5.92 Å². The van der Waals surface area contributed by atoms with Crippen LogP contribution in [-0.4, -0.2) is 19.2 Å². The van der Waals surface area contributed by atoms with E-state index < -0.39 is 0 Å². The number of fused-ring (bicyclic) bond motifs is 1. The summed E-state index contributed by atoms with van der Waals surface area (Å²) in [6.45, 7) is 5.21. The van der Waals surface area contributed by atoms with Crippen LogP contribution in [0.5, 0.6) is 11.5 Å². The Morgan fingerprint density at radius 1 is 1.04 bits per heavy atom. The van der Waals surface area contributed by atoms with Crippen molar-refractivity contribution in [3.63, 3.8) is 0 Å². The van der Waals surface area contributed by atoms with Crippen molar-refractivity contribution in [3.8, 4) is 11.5 Å². The highest BCUT2D eigenvalue weighted by Gasteiger charge is 2.12. The SMILES string of the molecule is CC(C)CNC(=O)/C=C/C=C/CCCCC/C=C/Cc1ccc2c(c1)OCO2. The average Bonchev–Trinajstić information content (AvgIpc) is 3.15. The molecule has 1 heterocycles. The van der Waals surface area contributed by atoms with Crippen LogP contribution in [0.3, 0.4) is 0 Å². The first-order chi connectivity index (χ1) is 13.6. The fraction of sp³-hybridized carbons (Fsp3) is 0.458. The van der Waals surface area contributed by atoms with Crippen molar-refractivity contribution >= 4 is 5.91 Å². The average molecular weight is 384 g/mol. The maximum absolute atomic E-state index is 11.5. The molecule has 1 amide bonds. The second-order valence-corrected chi connectivity index (χ2v) is 7.43. The van der Waals surface area contributed by atoms with E-state index in [0.29, 0.717) is 12.7 Å². The molecular weight excluding hydrogens is 350 g/mol. The molecule has 0 fully saturated rings. The summed E-state index contributed by atoms with van der Waals surface area (Å²) in [6, 6.07) is 6.13. The molecule has 4 nitrogen and oxygen atoms in total. The van der Waals surface area contributed by atoms with Crippen LogP contribution < -0.4 is 14.8 Å². The first-order valence-electron chi connectivity index (χ1n) is 10.3. The third-order valence-electron chi connectivity index (χ3n) is 4.38. The minimum Gasteiger partial charge on any atom is -0.454 e. The second kappa shape index (κ2) is 12.8. The molecule has 0 bridgehead atoms. The van der Waals surface area contributed by atoms with Gasteiger partial charge in [0, 0.05) is 12.6 Å². The number of hydrogen-bond acceptors (Lipinski definition) is 3. The van der Waals surface area contributed by atoms with Gasteiger partial charge in [-0.25, -0.2) is 0 Å². The predicted octanol–water partition coefficient (Wildman–Crippen LogP) is 5.35. The van der Waals surface area contributed by atoms with Gasteiger partial charge in [-0.15, -0.1) is 0 Å². The molecule has 0 unspecified atom stereocenters. The molecule has 1 aliphatic heterocycles. The smallest absolute Gasteiger partial charge is 0.243 e. The third-order valence-corrected chi connectivity index (χ3v) is 4.38. The van der Waals surface area contributed by atoms with Crippen molar-refractivity contribution in [2.45, 2.75) is 52.4 Å². The van der Waals surface area contributed by atoms with Gasteiger partial charge in [0.15, 0.2) is 11.5 Å². The fourth-order valence-corrected chi connectivity index (χ4v) is 2.79. The van der Waals surface area contributed by atoms with Crippen LogP contribution in [-0.2, 0) is 11.2 Å². The van der Waals surface area contributed by atoms with Gasteiger partial charge in [-0.3, -0.25) is 4.79 Å². The zero-order valence-corrected chi connectivity index (χ0v) is 17.2. The van der Waals surface area contributed by atoms with Gasteiger partial charge in [0.1, 0.15) is 0 Å². The van der Waals surface area contributed by atoms with Crippen LogP contribution in [0.1, 0.15) is 51.5 Å². The van der Waals surface area contributed by atoms with Gasteiger partial charge in [0.05, 0.1) is 0 Å². The van der Waals surface area contributed by atoms with E-state index in [1.165, 1.54) is 24.8 Å². The molecule has 1 aromatic rings. The lowest BCUT2D eigenvalue weighted by molar-refractivity contribution is -0.116. The Hall–Kier alpha value is -2.49. The number of amides is 1. The number of carbonyl (C=O) groups excluding carboxylic acids is 1. The van der Waals surface area contributed by atoms with Crippen LogP contribution in [0.2, 0.25) is 0 Å². The monoisotopic (exact) mass is 383 g/mol. The Kier molecular flexibility index (Phi) is 9.98. The molecule has 0 radical (unpaired) electrons. The molecular formula is C24H33NO3. The summed E-state index contributed by atoms with van der Waals surface area (Å²) in [6.07, 6.45) is 18.7. The third kappa shape index (κ3) is 8.94. The Bertz CT molecular complexity index is 689. The predicted molar refractivity (Wildman–Crippen MR) is 115 cm³/mol. The number of allylic oxidation sites excluding steroid dienone is 5. The van der Waals surface area contributed by atoms with Crippen LogP contribution in [0.4, 0.5) is 0 Å². The standard InChI is InChI=1S/C24H33NO3/c1-20(2)18-25-24(26)14-12-10-8-6-4-3-5-7-9-11-13-21-15-16-22-23(17-21)28-19-27-22/h8-12,14-17,20H,3-7,13,18-19H2,1-2H3,(H,25,26)/b10-8+,11-9+,14-12+. The summed E-state index contributed by atoms with van der Waals surface area (Å²) in [5.41, 5.74) is 1.25. The second-order valence-electron chi connectivity index (χ2n) is 7.43. The van der Waals surface area contributed by atoms with Gasteiger partial charge in [0.25, 0.3) is 0 Å².